The van der Waals surface area contributed by atoms with E-state index in [4.69, 9.17) is 9.47 Å². The molecule has 0 saturated carbocycles. The standard InChI is InChI=1S/C16H18BrNO2/c1-11(12-5-4-6-14(9-12)19-2)18-13-7-8-15(17)16(10-13)20-3/h4-11,18H,1-3H3. The van der Waals surface area contributed by atoms with E-state index in [1.807, 2.05) is 36.4 Å². The Morgan fingerprint density at radius 3 is 2.55 bits per heavy atom. The Morgan fingerprint density at radius 1 is 1.05 bits per heavy atom. The lowest BCUT2D eigenvalue weighted by atomic mass is 10.1. The Bertz CT molecular complexity index is 586. The van der Waals surface area contributed by atoms with Gasteiger partial charge in [-0.25, -0.2) is 0 Å². The number of nitrogens with one attached hydrogen (secondary N) is 1. The lowest BCUT2D eigenvalue weighted by Gasteiger charge is -2.17. The molecule has 4 heteroatoms. The molecule has 0 fully saturated rings. The van der Waals surface area contributed by atoms with Crippen LogP contribution in [0.1, 0.15) is 18.5 Å². The van der Waals surface area contributed by atoms with E-state index in [-0.39, 0.29) is 6.04 Å². The van der Waals surface area contributed by atoms with Crippen molar-refractivity contribution in [3.8, 4) is 11.5 Å². The van der Waals surface area contributed by atoms with Gasteiger partial charge in [0.05, 0.1) is 18.7 Å². The van der Waals surface area contributed by atoms with Crippen molar-refractivity contribution in [1.29, 1.82) is 0 Å². The molecule has 106 valence electrons. The van der Waals surface area contributed by atoms with Crippen molar-refractivity contribution in [1.82, 2.24) is 0 Å². The van der Waals surface area contributed by atoms with Crippen LogP contribution in [0.15, 0.2) is 46.9 Å². The molecule has 1 N–H and O–H groups in total. The maximum Gasteiger partial charge on any atom is 0.135 e. The molecule has 0 radical (unpaired) electrons. The van der Waals surface area contributed by atoms with Gasteiger partial charge in [0.1, 0.15) is 11.5 Å². The maximum absolute atomic E-state index is 5.30. The van der Waals surface area contributed by atoms with Crippen LogP contribution in [0.25, 0.3) is 0 Å². The Kier molecular flexibility index (Phi) is 4.90. The number of anilines is 1. The van der Waals surface area contributed by atoms with Crippen LogP contribution in [0, 0.1) is 0 Å². The normalized spacial score (nSPS) is 11.8. The van der Waals surface area contributed by atoms with Crippen molar-refractivity contribution in [3.63, 3.8) is 0 Å². The van der Waals surface area contributed by atoms with Crippen LogP contribution in [0.3, 0.4) is 0 Å². The second kappa shape index (κ2) is 6.66. The van der Waals surface area contributed by atoms with E-state index in [1.165, 1.54) is 5.56 Å². The SMILES string of the molecule is COc1cccc(C(C)Nc2ccc(Br)c(OC)c2)c1. The van der Waals surface area contributed by atoms with Crippen LogP contribution >= 0.6 is 15.9 Å². The lowest BCUT2D eigenvalue weighted by Crippen LogP contribution is -2.06. The molecule has 0 aromatic heterocycles. The molecule has 2 aromatic rings. The zero-order chi connectivity index (χ0) is 14.5. The predicted octanol–water partition coefficient (Wildman–Crippen LogP) is 4.64. The van der Waals surface area contributed by atoms with Crippen LogP contribution in [0.4, 0.5) is 5.69 Å². The molecular weight excluding hydrogens is 318 g/mol. The molecule has 0 aliphatic carbocycles. The Hall–Kier alpha value is -1.68. The van der Waals surface area contributed by atoms with Gasteiger partial charge in [-0.15, -0.1) is 0 Å². The summed E-state index contributed by atoms with van der Waals surface area (Å²) >= 11 is 3.45. The average Bonchev–Trinajstić information content (AvgIpc) is 2.49. The van der Waals surface area contributed by atoms with Gasteiger partial charge in [0, 0.05) is 17.8 Å². The molecule has 0 heterocycles. The summed E-state index contributed by atoms with van der Waals surface area (Å²) in [6.07, 6.45) is 0. The number of ether oxygens (including phenoxy) is 2. The van der Waals surface area contributed by atoms with Gasteiger partial charge < -0.3 is 14.8 Å². The molecule has 0 amide bonds. The zero-order valence-corrected chi connectivity index (χ0v) is 13.4. The van der Waals surface area contributed by atoms with Crippen molar-refractivity contribution < 1.29 is 9.47 Å². The predicted molar refractivity (Wildman–Crippen MR) is 85.7 cm³/mol. The monoisotopic (exact) mass is 335 g/mol. The summed E-state index contributed by atoms with van der Waals surface area (Å²) in [6.45, 7) is 2.11. The van der Waals surface area contributed by atoms with Crippen molar-refractivity contribution >= 4 is 21.6 Å². The quantitative estimate of drug-likeness (QED) is 0.863. The summed E-state index contributed by atoms with van der Waals surface area (Å²) in [5.74, 6) is 1.68. The lowest BCUT2D eigenvalue weighted by molar-refractivity contribution is 0.412. The van der Waals surface area contributed by atoms with E-state index in [2.05, 4.69) is 34.2 Å². The molecule has 2 aromatic carbocycles. The molecule has 2 rings (SSSR count). The Balaban J connectivity index is 2.16. The summed E-state index contributed by atoms with van der Waals surface area (Å²) in [5, 5.41) is 3.46. The number of hydrogen-bond acceptors (Lipinski definition) is 3. The van der Waals surface area contributed by atoms with Gasteiger partial charge >= 0.3 is 0 Å². The fourth-order valence-corrected chi connectivity index (χ4v) is 2.40. The molecule has 0 saturated heterocycles. The van der Waals surface area contributed by atoms with E-state index < -0.39 is 0 Å². The van der Waals surface area contributed by atoms with Crippen molar-refractivity contribution in [2.24, 2.45) is 0 Å². The van der Waals surface area contributed by atoms with Gasteiger partial charge in [0.25, 0.3) is 0 Å². The molecule has 20 heavy (non-hydrogen) atoms. The van der Waals surface area contributed by atoms with Crippen LogP contribution in [-0.4, -0.2) is 14.2 Å². The topological polar surface area (TPSA) is 30.5 Å². The summed E-state index contributed by atoms with van der Waals surface area (Å²) in [6, 6.07) is 14.2. The van der Waals surface area contributed by atoms with E-state index >= 15 is 0 Å². The van der Waals surface area contributed by atoms with E-state index in [0.29, 0.717) is 0 Å². The molecule has 0 aliphatic heterocycles. The molecule has 1 unspecified atom stereocenters. The van der Waals surface area contributed by atoms with Crippen LogP contribution in [0.2, 0.25) is 0 Å². The fourth-order valence-electron chi connectivity index (χ4n) is 1.99. The summed E-state index contributed by atoms with van der Waals surface area (Å²) < 4.78 is 11.5. The number of halogens is 1. The third kappa shape index (κ3) is 3.45. The van der Waals surface area contributed by atoms with Gasteiger partial charge in [0.2, 0.25) is 0 Å². The van der Waals surface area contributed by atoms with Gasteiger partial charge in [-0.3, -0.25) is 0 Å². The van der Waals surface area contributed by atoms with Gasteiger partial charge in [-0.1, -0.05) is 12.1 Å². The number of methoxy groups -OCH3 is 2. The maximum atomic E-state index is 5.30. The van der Waals surface area contributed by atoms with Crippen LogP contribution < -0.4 is 14.8 Å². The average molecular weight is 336 g/mol. The highest BCUT2D eigenvalue weighted by atomic mass is 79.9. The minimum Gasteiger partial charge on any atom is -0.497 e. The van der Waals surface area contributed by atoms with E-state index in [1.54, 1.807) is 14.2 Å². The third-order valence-electron chi connectivity index (χ3n) is 3.13. The largest absolute Gasteiger partial charge is 0.497 e. The Morgan fingerprint density at radius 2 is 1.85 bits per heavy atom. The highest BCUT2D eigenvalue weighted by Crippen LogP contribution is 2.30. The van der Waals surface area contributed by atoms with Gasteiger partial charge in [-0.2, -0.15) is 0 Å². The summed E-state index contributed by atoms with van der Waals surface area (Å²) in [4.78, 5) is 0. The van der Waals surface area contributed by atoms with Crippen LogP contribution in [-0.2, 0) is 0 Å². The van der Waals surface area contributed by atoms with Gasteiger partial charge in [-0.05, 0) is 52.7 Å². The highest BCUT2D eigenvalue weighted by molar-refractivity contribution is 9.10. The van der Waals surface area contributed by atoms with Crippen molar-refractivity contribution in [3.05, 3.63) is 52.5 Å². The molecule has 3 nitrogen and oxygen atoms in total. The van der Waals surface area contributed by atoms with Crippen molar-refractivity contribution in [2.75, 3.05) is 19.5 Å². The molecule has 0 aliphatic rings. The van der Waals surface area contributed by atoms with Crippen LogP contribution in [0.5, 0.6) is 11.5 Å². The number of benzene rings is 2. The minimum absolute atomic E-state index is 0.177. The summed E-state index contributed by atoms with van der Waals surface area (Å²) in [7, 11) is 3.34. The number of hydrogen-bond donors (Lipinski definition) is 1. The zero-order valence-electron chi connectivity index (χ0n) is 11.8. The van der Waals surface area contributed by atoms with Gasteiger partial charge in [0.15, 0.2) is 0 Å². The van der Waals surface area contributed by atoms with E-state index in [0.717, 1.165) is 21.7 Å². The first-order chi connectivity index (χ1) is 9.63. The molecule has 0 bridgehead atoms. The first-order valence-corrected chi connectivity index (χ1v) is 7.17. The second-order valence-electron chi connectivity index (χ2n) is 4.49. The fraction of sp³-hybridized carbons (Fsp3) is 0.250. The summed E-state index contributed by atoms with van der Waals surface area (Å²) in [5.41, 5.74) is 2.19. The smallest absolute Gasteiger partial charge is 0.135 e. The second-order valence-corrected chi connectivity index (χ2v) is 5.35. The third-order valence-corrected chi connectivity index (χ3v) is 3.78. The highest BCUT2D eigenvalue weighted by Gasteiger charge is 2.08. The molecular formula is C16H18BrNO2. The first kappa shape index (κ1) is 14.7. The molecule has 0 spiro atoms. The first-order valence-electron chi connectivity index (χ1n) is 6.38. The van der Waals surface area contributed by atoms with Crippen molar-refractivity contribution in [2.45, 2.75) is 13.0 Å². The minimum atomic E-state index is 0.177. The Labute approximate surface area is 128 Å². The van der Waals surface area contributed by atoms with E-state index in [9.17, 15) is 0 Å². The number of rotatable bonds is 5. The molecule has 1 atom stereocenters.